The molecule has 0 saturated heterocycles. The van der Waals surface area contributed by atoms with Crippen molar-refractivity contribution in [3.05, 3.63) is 112 Å². The van der Waals surface area contributed by atoms with Crippen molar-refractivity contribution < 1.29 is 0 Å². The highest BCUT2D eigenvalue weighted by atomic mass is 35.5. The third-order valence-corrected chi connectivity index (χ3v) is 4.51. The van der Waals surface area contributed by atoms with Gasteiger partial charge in [0.25, 0.3) is 5.56 Å². The molecule has 0 unspecified atom stereocenters. The Kier molecular flexibility index (Phi) is 5.49. The van der Waals surface area contributed by atoms with Crippen LogP contribution in [0.5, 0.6) is 0 Å². The number of rotatable bonds is 5. The van der Waals surface area contributed by atoms with Crippen molar-refractivity contribution in [1.82, 2.24) is 9.78 Å². The lowest BCUT2D eigenvalue weighted by Crippen LogP contribution is -2.20. The van der Waals surface area contributed by atoms with Gasteiger partial charge in [-0.15, -0.1) is 0 Å². The number of halogens is 1. The molecule has 0 radical (unpaired) electrons. The minimum absolute atomic E-state index is 0.185. The summed E-state index contributed by atoms with van der Waals surface area (Å²) in [6, 6.07) is 27.7. The van der Waals surface area contributed by atoms with Crippen molar-refractivity contribution in [3.63, 3.8) is 0 Å². The second kappa shape index (κ2) is 8.54. The molecule has 29 heavy (non-hydrogen) atoms. The van der Waals surface area contributed by atoms with E-state index < -0.39 is 0 Å². The van der Waals surface area contributed by atoms with Crippen molar-refractivity contribution in [2.24, 2.45) is 5.10 Å². The number of benzene rings is 3. The Morgan fingerprint density at radius 3 is 2.31 bits per heavy atom. The summed E-state index contributed by atoms with van der Waals surface area (Å²) in [6.07, 6.45) is 1.70. The Bertz CT molecular complexity index is 1180. The van der Waals surface area contributed by atoms with Gasteiger partial charge in [-0.05, 0) is 48.0 Å². The Hall–Kier alpha value is -3.70. The molecule has 1 N–H and O–H groups in total. The van der Waals surface area contributed by atoms with Crippen molar-refractivity contribution in [1.29, 1.82) is 0 Å². The number of aromatic nitrogens is 2. The standard InChI is InChI=1S/C23H17ClN4O/c24-19-8-10-20(11-9-19)26-25-16-17-6-12-21(13-7-17)28-23(29)15-14-22(27-28)18-4-2-1-3-5-18/h1-16,26H. The summed E-state index contributed by atoms with van der Waals surface area (Å²) in [7, 11) is 0. The van der Waals surface area contributed by atoms with Gasteiger partial charge in [0.2, 0.25) is 0 Å². The van der Waals surface area contributed by atoms with Crippen LogP contribution in [0, 0.1) is 0 Å². The minimum Gasteiger partial charge on any atom is -0.279 e. The van der Waals surface area contributed by atoms with Crippen molar-refractivity contribution >= 4 is 23.5 Å². The van der Waals surface area contributed by atoms with Crippen molar-refractivity contribution in [2.45, 2.75) is 0 Å². The Balaban J connectivity index is 1.52. The number of hydrazone groups is 1. The van der Waals surface area contributed by atoms with Crippen LogP contribution >= 0.6 is 11.6 Å². The molecule has 0 aliphatic carbocycles. The number of nitrogens with zero attached hydrogens (tertiary/aromatic N) is 3. The molecule has 0 fully saturated rings. The fourth-order valence-electron chi connectivity index (χ4n) is 2.77. The molecule has 0 aliphatic rings. The van der Waals surface area contributed by atoms with Gasteiger partial charge in [-0.25, -0.2) is 0 Å². The molecule has 4 rings (SSSR count). The molecule has 0 spiro atoms. The van der Waals surface area contributed by atoms with E-state index in [1.54, 1.807) is 24.4 Å². The largest absolute Gasteiger partial charge is 0.279 e. The third-order valence-electron chi connectivity index (χ3n) is 4.26. The predicted octanol–water partition coefficient (Wildman–Crippen LogP) is 5.00. The Labute approximate surface area is 172 Å². The molecule has 0 bridgehead atoms. The average molecular weight is 401 g/mol. The lowest BCUT2D eigenvalue weighted by Gasteiger charge is -2.07. The first-order valence-corrected chi connectivity index (χ1v) is 9.38. The second-order valence-corrected chi connectivity index (χ2v) is 6.74. The first-order valence-electron chi connectivity index (χ1n) is 9.00. The third kappa shape index (κ3) is 4.59. The van der Waals surface area contributed by atoms with Crippen LogP contribution in [0.1, 0.15) is 5.56 Å². The molecule has 3 aromatic carbocycles. The Morgan fingerprint density at radius 1 is 0.862 bits per heavy atom. The lowest BCUT2D eigenvalue weighted by atomic mass is 10.1. The molecule has 0 amide bonds. The summed E-state index contributed by atoms with van der Waals surface area (Å²) in [4.78, 5) is 12.3. The van der Waals surface area contributed by atoms with Crippen LogP contribution in [0.4, 0.5) is 5.69 Å². The smallest absolute Gasteiger partial charge is 0.271 e. The van der Waals surface area contributed by atoms with E-state index in [4.69, 9.17) is 11.6 Å². The summed E-state index contributed by atoms with van der Waals surface area (Å²) in [6.45, 7) is 0. The molecule has 0 aliphatic heterocycles. The predicted molar refractivity (Wildman–Crippen MR) is 118 cm³/mol. The number of anilines is 1. The van der Waals surface area contributed by atoms with Crippen molar-refractivity contribution in [2.75, 3.05) is 5.43 Å². The van der Waals surface area contributed by atoms with Gasteiger partial charge in [-0.1, -0.05) is 54.1 Å². The maximum atomic E-state index is 12.3. The highest BCUT2D eigenvalue weighted by Gasteiger charge is 2.05. The van der Waals surface area contributed by atoms with E-state index in [0.717, 1.165) is 22.5 Å². The normalized spacial score (nSPS) is 10.9. The molecule has 4 aromatic rings. The van der Waals surface area contributed by atoms with Gasteiger partial charge in [-0.3, -0.25) is 10.2 Å². The van der Waals surface area contributed by atoms with E-state index in [2.05, 4.69) is 15.6 Å². The highest BCUT2D eigenvalue weighted by Crippen LogP contribution is 2.16. The van der Waals surface area contributed by atoms with Gasteiger partial charge in [0.15, 0.2) is 0 Å². The summed E-state index contributed by atoms with van der Waals surface area (Å²) in [5.74, 6) is 0. The van der Waals surface area contributed by atoms with Gasteiger partial charge >= 0.3 is 0 Å². The number of hydrogen-bond donors (Lipinski definition) is 1. The van der Waals surface area contributed by atoms with Crippen molar-refractivity contribution in [3.8, 4) is 16.9 Å². The maximum Gasteiger partial charge on any atom is 0.271 e. The first-order chi connectivity index (χ1) is 14.2. The van der Waals surface area contributed by atoms with Gasteiger partial charge in [0.05, 0.1) is 23.3 Å². The fraction of sp³-hybridized carbons (Fsp3) is 0. The van der Waals surface area contributed by atoms with Crippen LogP contribution in [-0.4, -0.2) is 16.0 Å². The molecular weight excluding hydrogens is 384 g/mol. The molecule has 142 valence electrons. The molecule has 0 atom stereocenters. The summed E-state index contributed by atoms with van der Waals surface area (Å²) in [5, 5.41) is 9.39. The molecule has 1 heterocycles. The van der Waals surface area contributed by atoms with Gasteiger partial charge in [0.1, 0.15) is 0 Å². The van der Waals surface area contributed by atoms with Crippen LogP contribution in [-0.2, 0) is 0 Å². The fourth-order valence-corrected chi connectivity index (χ4v) is 2.89. The highest BCUT2D eigenvalue weighted by molar-refractivity contribution is 6.30. The summed E-state index contributed by atoms with van der Waals surface area (Å²) >= 11 is 5.87. The summed E-state index contributed by atoms with van der Waals surface area (Å²) in [5.41, 5.74) is 6.88. The zero-order valence-corrected chi connectivity index (χ0v) is 16.1. The number of nitrogens with one attached hydrogen (secondary N) is 1. The molecule has 5 nitrogen and oxygen atoms in total. The second-order valence-electron chi connectivity index (χ2n) is 6.30. The maximum absolute atomic E-state index is 12.3. The van der Waals surface area contributed by atoms with Crippen LogP contribution in [0.25, 0.3) is 16.9 Å². The van der Waals surface area contributed by atoms with E-state index in [1.165, 1.54) is 10.7 Å². The minimum atomic E-state index is -0.185. The SMILES string of the molecule is O=c1ccc(-c2ccccc2)nn1-c1ccc(C=NNc2ccc(Cl)cc2)cc1. The van der Waals surface area contributed by atoms with E-state index in [9.17, 15) is 4.79 Å². The topological polar surface area (TPSA) is 59.3 Å². The molecular formula is C23H17ClN4O. The average Bonchev–Trinajstić information content (AvgIpc) is 2.77. The monoisotopic (exact) mass is 400 g/mol. The van der Waals surface area contributed by atoms with Gasteiger partial charge in [0, 0.05) is 16.7 Å². The molecule has 0 saturated carbocycles. The number of hydrogen-bond acceptors (Lipinski definition) is 4. The van der Waals surface area contributed by atoms with Crippen LogP contribution in [0.2, 0.25) is 5.02 Å². The molecule has 1 aromatic heterocycles. The first kappa shape index (κ1) is 18.7. The van der Waals surface area contributed by atoms with Crippen LogP contribution in [0.3, 0.4) is 0 Å². The van der Waals surface area contributed by atoms with E-state index >= 15 is 0 Å². The van der Waals surface area contributed by atoms with E-state index in [1.807, 2.05) is 66.7 Å². The lowest BCUT2D eigenvalue weighted by molar-refractivity contribution is 0.812. The molecule has 6 heteroatoms. The van der Waals surface area contributed by atoms with E-state index in [-0.39, 0.29) is 5.56 Å². The van der Waals surface area contributed by atoms with Gasteiger partial charge < -0.3 is 0 Å². The van der Waals surface area contributed by atoms with E-state index in [0.29, 0.717) is 10.7 Å². The quantitative estimate of drug-likeness (QED) is 0.379. The van der Waals surface area contributed by atoms with Crippen LogP contribution in [0.15, 0.2) is 101 Å². The zero-order valence-electron chi connectivity index (χ0n) is 15.4. The van der Waals surface area contributed by atoms with Gasteiger partial charge in [-0.2, -0.15) is 14.9 Å². The van der Waals surface area contributed by atoms with Crippen LogP contribution < -0.4 is 11.0 Å². The summed E-state index contributed by atoms with van der Waals surface area (Å²) < 4.78 is 1.40. The zero-order chi connectivity index (χ0) is 20.1. The Morgan fingerprint density at radius 2 is 1.59 bits per heavy atom.